The van der Waals surface area contributed by atoms with Gasteiger partial charge in [-0.25, -0.2) is 4.79 Å². The first kappa shape index (κ1) is 15.0. The van der Waals surface area contributed by atoms with Crippen LogP contribution in [-0.2, 0) is 16.2 Å². The molecule has 2 heterocycles. The monoisotopic (exact) mass is 313 g/mol. The molecule has 1 aliphatic rings. The van der Waals surface area contributed by atoms with Crippen LogP contribution in [-0.4, -0.2) is 33.6 Å². The highest BCUT2D eigenvalue weighted by atomic mass is 16.7. The van der Waals surface area contributed by atoms with E-state index in [1.165, 1.54) is 11.3 Å². The van der Waals surface area contributed by atoms with E-state index in [0.717, 1.165) is 16.8 Å². The minimum atomic E-state index is -1.06. The lowest BCUT2D eigenvalue weighted by Gasteiger charge is -2.21. The number of hydrogen-bond donors (Lipinski definition) is 1. The fraction of sp³-hybridized carbons (Fsp3) is 0.188. The topological polar surface area (TPSA) is 88.2 Å². The minimum Gasteiger partial charge on any atom is -0.477 e. The Bertz CT molecular complexity index is 765. The van der Waals surface area contributed by atoms with E-state index in [1.54, 1.807) is 6.20 Å². The molecule has 1 N–H and O–H groups in total. The zero-order valence-electron chi connectivity index (χ0n) is 12.5. The summed E-state index contributed by atoms with van der Waals surface area (Å²) in [5, 5.41) is 14.5. The number of carboxylic acid groups (broad SMARTS) is 1. The van der Waals surface area contributed by atoms with Gasteiger partial charge in [-0.2, -0.15) is 0 Å². The van der Waals surface area contributed by atoms with Crippen molar-refractivity contribution in [1.82, 2.24) is 10.2 Å². The number of carboxylic acids is 1. The van der Waals surface area contributed by atoms with Crippen molar-refractivity contribution in [2.45, 2.75) is 13.5 Å². The zero-order chi connectivity index (χ0) is 16.2. The van der Waals surface area contributed by atoms with Crippen LogP contribution in [0.2, 0.25) is 0 Å². The van der Waals surface area contributed by atoms with Crippen molar-refractivity contribution in [2.75, 3.05) is 6.54 Å². The van der Waals surface area contributed by atoms with Crippen molar-refractivity contribution < 1.29 is 19.3 Å². The fourth-order valence-corrected chi connectivity index (χ4v) is 2.18. The maximum atomic E-state index is 11.0. The van der Waals surface area contributed by atoms with Gasteiger partial charge in [0.1, 0.15) is 23.8 Å². The molecule has 0 radical (unpaired) electrons. The van der Waals surface area contributed by atoms with E-state index < -0.39 is 5.97 Å². The molecule has 118 valence electrons. The largest absolute Gasteiger partial charge is 0.477 e. The molecule has 0 bridgehead atoms. The lowest BCUT2D eigenvalue weighted by molar-refractivity contribution is -0.134. The van der Waals surface area contributed by atoms with Gasteiger partial charge in [-0.1, -0.05) is 35.5 Å². The number of carbonyl (C=O) groups is 1. The van der Waals surface area contributed by atoms with Crippen LogP contribution in [0.1, 0.15) is 11.3 Å². The highest BCUT2D eigenvalue weighted by molar-refractivity contribution is 6.36. The first-order valence-corrected chi connectivity index (χ1v) is 7.02. The van der Waals surface area contributed by atoms with Crippen molar-refractivity contribution in [1.29, 1.82) is 0 Å². The van der Waals surface area contributed by atoms with E-state index in [-0.39, 0.29) is 18.9 Å². The smallest absolute Gasteiger partial charge is 0.352 e. The summed E-state index contributed by atoms with van der Waals surface area (Å²) in [7, 11) is 0. The minimum absolute atomic E-state index is 0.0258. The number of aliphatic imine (C=N–C) groups is 1. The summed E-state index contributed by atoms with van der Waals surface area (Å²) in [6.07, 6.45) is 2.98. The fourth-order valence-electron chi connectivity index (χ4n) is 2.18. The van der Waals surface area contributed by atoms with Gasteiger partial charge in [0, 0.05) is 18.0 Å². The summed E-state index contributed by atoms with van der Waals surface area (Å²) in [6, 6.07) is 9.66. The van der Waals surface area contributed by atoms with Crippen LogP contribution in [0.3, 0.4) is 0 Å². The predicted octanol–water partition coefficient (Wildman–Crippen LogP) is 2.39. The van der Waals surface area contributed by atoms with E-state index in [9.17, 15) is 4.79 Å². The van der Waals surface area contributed by atoms with Crippen LogP contribution >= 0.6 is 0 Å². The van der Waals surface area contributed by atoms with Gasteiger partial charge in [-0.3, -0.25) is 14.9 Å². The molecule has 1 aliphatic heterocycles. The molecule has 23 heavy (non-hydrogen) atoms. The van der Waals surface area contributed by atoms with E-state index in [4.69, 9.17) is 14.5 Å². The Labute approximate surface area is 132 Å². The third-order valence-electron chi connectivity index (χ3n) is 3.42. The summed E-state index contributed by atoms with van der Waals surface area (Å²) in [4.78, 5) is 20.4. The number of hydrogen-bond acceptors (Lipinski definition) is 6. The maximum Gasteiger partial charge on any atom is 0.352 e. The van der Waals surface area contributed by atoms with Crippen molar-refractivity contribution in [3.63, 3.8) is 0 Å². The lowest BCUT2D eigenvalue weighted by atomic mass is 10.1. The SMILES string of the molecule is Cc1onc(-c2ccccc2)c1CON1C=CN=C(C(=O)O)C1. The lowest BCUT2D eigenvalue weighted by Crippen LogP contribution is -2.32. The van der Waals surface area contributed by atoms with Gasteiger partial charge in [0.25, 0.3) is 0 Å². The molecular formula is C16H15N3O4. The Balaban J connectivity index is 1.73. The summed E-state index contributed by atoms with van der Waals surface area (Å²) >= 11 is 0. The Morgan fingerprint density at radius 2 is 2.17 bits per heavy atom. The zero-order valence-corrected chi connectivity index (χ0v) is 12.5. The summed E-state index contributed by atoms with van der Waals surface area (Å²) < 4.78 is 5.26. The molecule has 0 unspecified atom stereocenters. The van der Waals surface area contributed by atoms with Crippen LogP contribution in [0.5, 0.6) is 0 Å². The molecule has 0 amide bonds. The van der Waals surface area contributed by atoms with Gasteiger partial charge < -0.3 is 9.63 Å². The number of benzene rings is 1. The van der Waals surface area contributed by atoms with E-state index in [1.807, 2.05) is 37.3 Å². The summed E-state index contributed by atoms with van der Waals surface area (Å²) in [6.45, 7) is 2.11. The highest BCUT2D eigenvalue weighted by Gasteiger charge is 2.19. The quantitative estimate of drug-likeness (QED) is 0.912. The first-order valence-electron chi connectivity index (χ1n) is 7.02. The Morgan fingerprint density at radius 3 is 2.91 bits per heavy atom. The summed E-state index contributed by atoms with van der Waals surface area (Å²) in [5.74, 6) is -0.397. The number of aromatic nitrogens is 1. The van der Waals surface area contributed by atoms with Gasteiger partial charge in [0.15, 0.2) is 0 Å². The molecule has 0 saturated heterocycles. The molecular weight excluding hydrogens is 298 g/mol. The molecule has 1 aromatic carbocycles. The number of hydroxylamine groups is 2. The van der Waals surface area contributed by atoms with Gasteiger partial charge in [0.2, 0.25) is 0 Å². The second kappa shape index (κ2) is 6.45. The molecule has 0 fully saturated rings. The van der Waals surface area contributed by atoms with Crippen LogP contribution in [0.4, 0.5) is 0 Å². The number of aliphatic carboxylic acids is 1. The predicted molar refractivity (Wildman–Crippen MR) is 82.4 cm³/mol. The van der Waals surface area contributed by atoms with E-state index in [2.05, 4.69) is 10.1 Å². The van der Waals surface area contributed by atoms with Crippen LogP contribution < -0.4 is 0 Å². The first-order chi connectivity index (χ1) is 11.1. The molecule has 7 heteroatoms. The summed E-state index contributed by atoms with van der Waals surface area (Å²) in [5.41, 5.74) is 2.50. The van der Waals surface area contributed by atoms with Crippen LogP contribution in [0, 0.1) is 6.92 Å². The standard InChI is InChI=1S/C16H15N3O4/c1-11-13(15(18-23-11)12-5-3-2-4-6-12)10-22-19-8-7-17-14(9-19)16(20)21/h2-8H,9-10H2,1H3,(H,20,21). The van der Waals surface area contributed by atoms with Crippen LogP contribution in [0.25, 0.3) is 11.3 Å². The second-order valence-corrected chi connectivity index (χ2v) is 4.96. The van der Waals surface area contributed by atoms with Gasteiger partial charge in [0.05, 0.1) is 12.1 Å². The number of aryl methyl sites for hydroxylation is 1. The molecule has 0 aliphatic carbocycles. The average Bonchev–Trinajstić information content (AvgIpc) is 2.95. The number of rotatable bonds is 5. The van der Waals surface area contributed by atoms with Gasteiger partial charge in [-0.15, -0.1) is 0 Å². The third kappa shape index (κ3) is 3.29. The Kier molecular flexibility index (Phi) is 4.20. The second-order valence-electron chi connectivity index (χ2n) is 4.96. The Morgan fingerprint density at radius 1 is 1.39 bits per heavy atom. The average molecular weight is 313 g/mol. The van der Waals surface area contributed by atoms with Gasteiger partial charge in [-0.05, 0) is 6.92 Å². The Hall–Kier alpha value is -2.93. The molecule has 0 saturated carbocycles. The van der Waals surface area contributed by atoms with E-state index in [0.29, 0.717) is 5.76 Å². The number of nitrogens with zero attached hydrogens (tertiary/aromatic N) is 3. The molecule has 1 aromatic heterocycles. The van der Waals surface area contributed by atoms with Gasteiger partial charge >= 0.3 is 5.97 Å². The molecule has 0 spiro atoms. The van der Waals surface area contributed by atoms with E-state index >= 15 is 0 Å². The molecule has 0 atom stereocenters. The molecule has 3 rings (SSSR count). The third-order valence-corrected chi connectivity index (χ3v) is 3.42. The molecule has 7 nitrogen and oxygen atoms in total. The van der Waals surface area contributed by atoms with Crippen molar-refractivity contribution in [3.8, 4) is 11.3 Å². The maximum absolute atomic E-state index is 11.0. The van der Waals surface area contributed by atoms with Crippen molar-refractivity contribution >= 4 is 11.7 Å². The van der Waals surface area contributed by atoms with Crippen molar-refractivity contribution in [2.24, 2.45) is 4.99 Å². The molecule has 2 aromatic rings. The van der Waals surface area contributed by atoms with Crippen molar-refractivity contribution in [3.05, 3.63) is 54.1 Å². The normalized spacial score (nSPS) is 14.0. The van der Waals surface area contributed by atoms with Crippen LogP contribution in [0.15, 0.2) is 52.2 Å². The highest BCUT2D eigenvalue weighted by Crippen LogP contribution is 2.26.